The van der Waals surface area contributed by atoms with Gasteiger partial charge in [0.2, 0.25) is 10.0 Å². The van der Waals surface area contributed by atoms with E-state index in [2.05, 4.69) is 22.9 Å². The summed E-state index contributed by atoms with van der Waals surface area (Å²) in [5.74, 6) is -0.0720. The molecule has 1 saturated heterocycles. The van der Waals surface area contributed by atoms with Crippen LogP contribution in [0.3, 0.4) is 0 Å². The molecule has 2 heterocycles. The molecule has 2 atom stereocenters. The van der Waals surface area contributed by atoms with Crippen molar-refractivity contribution in [1.82, 2.24) is 4.90 Å². The molecule has 0 spiro atoms. The Bertz CT molecular complexity index is 642. The highest BCUT2D eigenvalue weighted by atomic mass is 79.9. The molecule has 0 aromatic carbocycles. The summed E-state index contributed by atoms with van der Waals surface area (Å²) in [5.41, 5.74) is 0. The Morgan fingerprint density at radius 3 is 2.76 bits per heavy atom. The van der Waals surface area contributed by atoms with Crippen molar-refractivity contribution in [2.75, 3.05) is 20.2 Å². The number of halogens is 1. The van der Waals surface area contributed by atoms with Crippen molar-refractivity contribution in [3.05, 3.63) is 16.5 Å². The third-order valence-corrected chi connectivity index (χ3v) is 5.42. The molecule has 0 bridgehead atoms. The van der Waals surface area contributed by atoms with E-state index in [4.69, 9.17) is 14.3 Å². The zero-order valence-electron chi connectivity index (χ0n) is 11.7. The summed E-state index contributed by atoms with van der Waals surface area (Å²) in [5, 5.41) is 5.05. The van der Waals surface area contributed by atoms with E-state index in [9.17, 15) is 13.2 Å². The van der Waals surface area contributed by atoms with Crippen molar-refractivity contribution < 1.29 is 22.4 Å². The Hall–Kier alpha value is -0.900. The predicted octanol–water partition coefficient (Wildman–Crippen LogP) is 1.19. The number of sulfonamides is 1. The van der Waals surface area contributed by atoms with Crippen LogP contribution in [0.1, 0.15) is 23.9 Å². The Morgan fingerprint density at radius 1 is 1.57 bits per heavy atom. The molecule has 1 amide bonds. The number of carbonyl (C=O) groups excluding carboxylic acids is 1. The summed E-state index contributed by atoms with van der Waals surface area (Å²) in [6, 6.07) is 1.14. The number of nitrogens with two attached hydrogens (primary N) is 1. The summed E-state index contributed by atoms with van der Waals surface area (Å²) >= 11 is 2.96. The van der Waals surface area contributed by atoms with E-state index >= 15 is 0 Å². The molecule has 118 valence electrons. The third kappa shape index (κ3) is 3.47. The van der Waals surface area contributed by atoms with Crippen LogP contribution in [0.2, 0.25) is 0 Å². The first-order chi connectivity index (χ1) is 9.74. The van der Waals surface area contributed by atoms with Crippen LogP contribution in [0.25, 0.3) is 0 Å². The Morgan fingerprint density at radius 2 is 2.24 bits per heavy atom. The number of amides is 1. The van der Waals surface area contributed by atoms with Crippen LogP contribution in [-0.4, -0.2) is 45.5 Å². The molecule has 7 nitrogen and oxygen atoms in total. The van der Waals surface area contributed by atoms with Crippen molar-refractivity contribution in [1.29, 1.82) is 0 Å². The van der Waals surface area contributed by atoms with Crippen molar-refractivity contribution in [2.45, 2.75) is 24.3 Å². The first-order valence-electron chi connectivity index (χ1n) is 6.38. The molecule has 2 N–H and O–H groups in total. The van der Waals surface area contributed by atoms with Gasteiger partial charge in [-0.25, -0.2) is 13.6 Å². The van der Waals surface area contributed by atoms with E-state index in [-0.39, 0.29) is 27.3 Å². The molecule has 2 unspecified atom stereocenters. The zero-order valence-corrected chi connectivity index (χ0v) is 14.1. The first kappa shape index (κ1) is 16.5. The standard InChI is InChI=1S/C12H17BrN2O5S/c1-7-3-4-15(6-9(7)19-2)12(16)8-5-10(11(13)20-8)21(14,17)18/h5,7,9H,3-4,6H2,1-2H3,(H2,14,17,18). The number of nitrogens with zero attached hydrogens (tertiary/aromatic N) is 1. The fraction of sp³-hybridized carbons (Fsp3) is 0.583. The average Bonchev–Trinajstić information content (AvgIpc) is 2.80. The predicted molar refractivity (Wildman–Crippen MR) is 78.3 cm³/mol. The van der Waals surface area contributed by atoms with Gasteiger partial charge >= 0.3 is 0 Å². The van der Waals surface area contributed by atoms with Crippen molar-refractivity contribution in [2.24, 2.45) is 11.1 Å². The molecule has 0 radical (unpaired) electrons. The number of piperidine rings is 1. The Balaban J connectivity index is 2.21. The van der Waals surface area contributed by atoms with Gasteiger partial charge in [0.05, 0.1) is 6.10 Å². The number of rotatable bonds is 3. The lowest BCUT2D eigenvalue weighted by atomic mass is 9.95. The highest BCUT2D eigenvalue weighted by molar-refractivity contribution is 9.10. The first-order valence-corrected chi connectivity index (χ1v) is 8.72. The molecule has 0 saturated carbocycles. The van der Waals surface area contributed by atoms with E-state index < -0.39 is 10.0 Å². The van der Waals surface area contributed by atoms with Gasteiger partial charge < -0.3 is 14.1 Å². The molecule has 9 heteroatoms. The maximum absolute atomic E-state index is 12.4. The van der Waals surface area contributed by atoms with E-state index in [1.165, 1.54) is 0 Å². The molecule has 1 aliphatic heterocycles. The zero-order chi connectivity index (χ0) is 15.8. The number of methoxy groups -OCH3 is 1. The van der Waals surface area contributed by atoms with Crippen LogP contribution in [0.5, 0.6) is 0 Å². The number of likely N-dealkylation sites (tertiary alicyclic amines) is 1. The van der Waals surface area contributed by atoms with Crippen molar-refractivity contribution >= 4 is 31.9 Å². The summed E-state index contributed by atoms with van der Waals surface area (Å²) in [7, 11) is -2.33. The fourth-order valence-corrected chi connectivity index (χ4v) is 3.83. The van der Waals surface area contributed by atoms with E-state index in [0.717, 1.165) is 12.5 Å². The summed E-state index contributed by atoms with van der Waals surface area (Å²) in [6.45, 7) is 3.08. The quantitative estimate of drug-likeness (QED) is 0.847. The second-order valence-corrected chi connectivity index (χ2v) is 7.33. The van der Waals surface area contributed by atoms with Gasteiger partial charge in [0.15, 0.2) is 10.4 Å². The molecule has 1 aromatic heterocycles. The van der Waals surface area contributed by atoms with Crippen LogP contribution in [0.15, 0.2) is 20.0 Å². The lowest BCUT2D eigenvalue weighted by Gasteiger charge is -2.35. The fourth-order valence-electron chi connectivity index (χ4n) is 2.33. The van der Waals surface area contributed by atoms with Gasteiger partial charge in [-0.15, -0.1) is 0 Å². The number of carbonyl (C=O) groups is 1. The van der Waals surface area contributed by atoms with Crippen LogP contribution in [-0.2, 0) is 14.8 Å². The highest BCUT2D eigenvalue weighted by Gasteiger charge is 2.32. The van der Waals surface area contributed by atoms with Crippen LogP contribution in [0, 0.1) is 5.92 Å². The molecule has 2 rings (SSSR count). The number of hydrogen-bond donors (Lipinski definition) is 1. The summed E-state index contributed by atoms with van der Waals surface area (Å²) in [4.78, 5) is 13.7. The van der Waals surface area contributed by atoms with Gasteiger partial charge in [-0.05, 0) is 28.3 Å². The number of hydrogen-bond acceptors (Lipinski definition) is 5. The van der Waals surface area contributed by atoms with Gasteiger partial charge in [0.25, 0.3) is 5.91 Å². The van der Waals surface area contributed by atoms with Crippen LogP contribution >= 0.6 is 15.9 Å². The molecule has 1 fully saturated rings. The maximum Gasteiger partial charge on any atom is 0.289 e. The monoisotopic (exact) mass is 380 g/mol. The smallest absolute Gasteiger partial charge is 0.289 e. The van der Waals surface area contributed by atoms with Gasteiger partial charge in [0.1, 0.15) is 4.90 Å². The summed E-state index contributed by atoms with van der Waals surface area (Å²) < 4.78 is 33.2. The minimum Gasteiger partial charge on any atom is -0.443 e. The normalized spacial score (nSPS) is 23.3. The second kappa shape index (κ2) is 6.07. The lowest BCUT2D eigenvalue weighted by molar-refractivity contribution is -0.00265. The molecule has 0 aliphatic carbocycles. The molecule has 1 aliphatic rings. The number of ether oxygens (including phenoxy) is 1. The molecular formula is C12H17BrN2O5S. The SMILES string of the molecule is COC1CN(C(=O)c2cc(S(N)(=O)=O)c(Br)o2)CCC1C. The maximum atomic E-state index is 12.4. The Labute approximate surface area is 131 Å². The minimum absolute atomic E-state index is 0.0428. The summed E-state index contributed by atoms with van der Waals surface area (Å²) in [6.07, 6.45) is 0.771. The van der Waals surface area contributed by atoms with Crippen LogP contribution in [0.4, 0.5) is 0 Å². The van der Waals surface area contributed by atoms with Crippen molar-refractivity contribution in [3.8, 4) is 0 Å². The lowest BCUT2D eigenvalue weighted by Crippen LogP contribution is -2.46. The van der Waals surface area contributed by atoms with E-state index in [0.29, 0.717) is 19.0 Å². The third-order valence-electron chi connectivity index (χ3n) is 3.65. The number of furan rings is 1. The van der Waals surface area contributed by atoms with Gasteiger partial charge in [-0.3, -0.25) is 4.79 Å². The molecule has 21 heavy (non-hydrogen) atoms. The molecule has 1 aromatic rings. The Kier molecular flexibility index (Phi) is 4.76. The van der Waals surface area contributed by atoms with Gasteiger partial charge in [-0.2, -0.15) is 0 Å². The number of primary sulfonamides is 1. The molecular weight excluding hydrogens is 364 g/mol. The average molecular weight is 381 g/mol. The van der Waals surface area contributed by atoms with Crippen LogP contribution < -0.4 is 5.14 Å². The topological polar surface area (TPSA) is 103 Å². The van der Waals surface area contributed by atoms with Gasteiger partial charge in [0, 0.05) is 26.3 Å². The van der Waals surface area contributed by atoms with E-state index in [1.54, 1.807) is 12.0 Å². The second-order valence-electron chi connectivity index (χ2n) is 5.08. The van der Waals surface area contributed by atoms with Crippen molar-refractivity contribution in [3.63, 3.8) is 0 Å². The van der Waals surface area contributed by atoms with Gasteiger partial charge in [-0.1, -0.05) is 6.92 Å². The minimum atomic E-state index is -3.94. The highest BCUT2D eigenvalue weighted by Crippen LogP contribution is 2.27. The largest absolute Gasteiger partial charge is 0.443 e. The van der Waals surface area contributed by atoms with E-state index in [1.807, 2.05) is 0 Å².